The molecule has 0 saturated carbocycles. The van der Waals surface area contributed by atoms with Gasteiger partial charge >= 0.3 is 0 Å². The van der Waals surface area contributed by atoms with Crippen molar-refractivity contribution in [2.75, 3.05) is 38.6 Å². The molecule has 0 spiro atoms. The number of piperazine rings is 1. The molecule has 1 unspecified atom stereocenters. The lowest BCUT2D eigenvalue weighted by Gasteiger charge is -2.31. The van der Waals surface area contributed by atoms with Gasteiger partial charge in [0.1, 0.15) is 0 Å². The van der Waals surface area contributed by atoms with Gasteiger partial charge in [0.2, 0.25) is 10.0 Å². The molecule has 2 heterocycles. The fourth-order valence-electron chi connectivity index (χ4n) is 2.27. The van der Waals surface area contributed by atoms with E-state index in [1.807, 2.05) is 6.92 Å². The van der Waals surface area contributed by atoms with Crippen molar-refractivity contribution in [2.45, 2.75) is 19.4 Å². The van der Waals surface area contributed by atoms with E-state index in [4.69, 9.17) is 4.74 Å². The summed E-state index contributed by atoms with van der Waals surface area (Å²) in [6.07, 6.45) is 0.876. The molecule has 2 saturated heterocycles. The first-order valence-electron chi connectivity index (χ1n) is 5.87. The molecule has 2 rings (SSSR count). The predicted molar refractivity (Wildman–Crippen MR) is 61.8 cm³/mol. The Kier molecular flexibility index (Phi) is 3.84. The second-order valence-electron chi connectivity index (χ2n) is 4.72. The van der Waals surface area contributed by atoms with E-state index in [0.717, 1.165) is 13.0 Å². The Labute approximate surface area is 97.2 Å². The van der Waals surface area contributed by atoms with Gasteiger partial charge < -0.3 is 10.1 Å². The molecule has 0 aromatic carbocycles. The number of nitrogens with one attached hydrogen (secondary N) is 1. The highest BCUT2D eigenvalue weighted by Gasteiger charge is 2.30. The summed E-state index contributed by atoms with van der Waals surface area (Å²) in [6, 6.07) is 0.253. The standard InChI is InChI=1S/C10H20N2O3S/c1-9-6-12(4-3-11-9)16(13,14)8-10-2-5-15-7-10/h9-11H,2-8H2,1H3/t9-,10?/m1/s1. The van der Waals surface area contributed by atoms with E-state index in [1.165, 1.54) is 0 Å². The van der Waals surface area contributed by atoms with Crippen LogP contribution in [0.3, 0.4) is 0 Å². The Bertz CT molecular complexity index is 325. The van der Waals surface area contributed by atoms with Gasteiger partial charge in [0.05, 0.1) is 12.4 Å². The molecular weight excluding hydrogens is 228 g/mol. The maximum Gasteiger partial charge on any atom is 0.214 e. The zero-order chi connectivity index (χ0) is 11.6. The van der Waals surface area contributed by atoms with E-state index in [1.54, 1.807) is 4.31 Å². The fourth-order valence-corrected chi connectivity index (χ4v) is 4.16. The molecular formula is C10H20N2O3S. The molecule has 16 heavy (non-hydrogen) atoms. The Hall–Kier alpha value is -0.170. The second-order valence-corrected chi connectivity index (χ2v) is 6.73. The highest BCUT2D eigenvalue weighted by Crippen LogP contribution is 2.17. The summed E-state index contributed by atoms with van der Waals surface area (Å²) >= 11 is 0. The molecule has 0 aromatic rings. The van der Waals surface area contributed by atoms with Gasteiger partial charge in [0.25, 0.3) is 0 Å². The van der Waals surface area contributed by atoms with Crippen molar-refractivity contribution in [1.29, 1.82) is 0 Å². The largest absolute Gasteiger partial charge is 0.381 e. The van der Waals surface area contributed by atoms with E-state index in [9.17, 15) is 8.42 Å². The van der Waals surface area contributed by atoms with Crippen molar-refractivity contribution in [2.24, 2.45) is 5.92 Å². The van der Waals surface area contributed by atoms with Crippen molar-refractivity contribution >= 4 is 10.0 Å². The average molecular weight is 248 g/mol. The minimum atomic E-state index is -3.09. The fraction of sp³-hybridized carbons (Fsp3) is 1.00. The molecule has 5 nitrogen and oxygen atoms in total. The van der Waals surface area contributed by atoms with Crippen molar-refractivity contribution < 1.29 is 13.2 Å². The Morgan fingerprint density at radius 1 is 1.50 bits per heavy atom. The highest BCUT2D eigenvalue weighted by molar-refractivity contribution is 7.89. The summed E-state index contributed by atoms with van der Waals surface area (Å²) in [5.74, 6) is 0.440. The van der Waals surface area contributed by atoms with Gasteiger partial charge in [-0.2, -0.15) is 4.31 Å². The van der Waals surface area contributed by atoms with Crippen LogP contribution in [0.2, 0.25) is 0 Å². The van der Waals surface area contributed by atoms with Gasteiger partial charge in [-0.25, -0.2) is 8.42 Å². The molecule has 6 heteroatoms. The lowest BCUT2D eigenvalue weighted by molar-refractivity contribution is 0.188. The topological polar surface area (TPSA) is 58.6 Å². The number of hydrogen-bond donors (Lipinski definition) is 1. The lowest BCUT2D eigenvalue weighted by Crippen LogP contribution is -2.52. The van der Waals surface area contributed by atoms with Gasteiger partial charge in [0.15, 0.2) is 0 Å². The van der Waals surface area contributed by atoms with Crippen LogP contribution in [0.25, 0.3) is 0 Å². The summed E-state index contributed by atoms with van der Waals surface area (Å²) in [4.78, 5) is 0. The third-order valence-electron chi connectivity index (χ3n) is 3.20. The van der Waals surface area contributed by atoms with Gasteiger partial charge in [0, 0.05) is 32.3 Å². The Balaban J connectivity index is 1.94. The summed E-state index contributed by atoms with van der Waals surface area (Å²) < 4.78 is 31.1. The van der Waals surface area contributed by atoms with E-state index in [0.29, 0.717) is 26.3 Å². The van der Waals surface area contributed by atoms with Crippen LogP contribution in [0.1, 0.15) is 13.3 Å². The Morgan fingerprint density at radius 3 is 2.94 bits per heavy atom. The van der Waals surface area contributed by atoms with E-state index < -0.39 is 10.0 Å². The summed E-state index contributed by atoms with van der Waals surface area (Å²) in [5, 5.41) is 3.25. The normalized spacial score (nSPS) is 33.1. The van der Waals surface area contributed by atoms with Crippen LogP contribution in [-0.2, 0) is 14.8 Å². The van der Waals surface area contributed by atoms with Crippen LogP contribution < -0.4 is 5.32 Å². The van der Waals surface area contributed by atoms with Gasteiger partial charge in [-0.1, -0.05) is 0 Å². The SMILES string of the molecule is C[C@@H]1CN(S(=O)(=O)CC2CCOC2)CCN1. The van der Waals surface area contributed by atoms with Gasteiger partial charge in [-0.15, -0.1) is 0 Å². The van der Waals surface area contributed by atoms with Crippen LogP contribution in [0.5, 0.6) is 0 Å². The number of sulfonamides is 1. The zero-order valence-corrected chi connectivity index (χ0v) is 10.5. The van der Waals surface area contributed by atoms with Gasteiger partial charge in [-0.3, -0.25) is 0 Å². The monoisotopic (exact) mass is 248 g/mol. The van der Waals surface area contributed by atoms with E-state index in [-0.39, 0.29) is 17.7 Å². The number of ether oxygens (including phenoxy) is 1. The van der Waals surface area contributed by atoms with Gasteiger partial charge in [-0.05, 0) is 19.3 Å². The highest BCUT2D eigenvalue weighted by atomic mass is 32.2. The smallest absolute Gasteiger partial charge is 0.214 e. The molecule has 2 fully saturated rings. The molecule has 2 aliphatic rings. The first-order valence-corrected chi connectivity index (χ1v) is 7.48. The first-order chi connectivity index (χ1) is 7.58. The number of hydrogen-bond acceptors (Lipinski definition) is 4. The van der Waals surface area contributed by atoms with Crippen LogP contribution in [0, 0.1) is 5.92 Å². The predicted octanol–water partition coefficient (Wildman–Crippen LogP) is -0.354. The van der Waals surface area contributed by atoms with E-state index in [2.05, 4.69) is 5.32 Å². The van der Waals surface area contributed by atoms with Crippen LogP contribution in [0.4, 0.5) is 0 Å². The average Bonchev–Trinajstić information content (AvgIpc) is 2.70. The maximum atomic E-state index is 12.1. The third-order valence-corrected chi connectivity index (χ3v) is 5.21. The second kappa shape index (κ2) is 5.00. The van der Waals surface area contributed by atoms with Crippen LogP contribution >= 0.6 is 0 Å². The summed E-state index contributed by atoms with van der Waals surface area (Å²) in [5.41, 5.74) is 0. The maximum absolute atomic E-state index is 12.1. The van der Waals surface area contributed by atoms with Crippen LogP contribution in [-0.4, -0.2) is 57.4 Å². The Morgan fingerprint density at radius 2 is 2.31 bits per heavy atom. The molecule has 94 valence electrons. The lowest BCUT2D eigenvalue weighted by atomic mass is 10.2. The minimum absolute atomic E-state index is 0.190. The van der Waals surface area contributed by atoms with Crippen LogP contribution in [0.15, 0.2) is 0 Å². The molecule has 1 N–H and O–H groups in total. The molecule has 0 amide bonds. The van der Waals surface area contributed by atoms with Crippen molar-refractivity contribution in [1.82, 2.24) is 9.62 Å². The minimum Gasteiger partial charge on any atom is -0.381 e. The molecule has 2 atom stereocenters. The summed E-state index contributed by atoms with van der Waals surface area (Å²) in [6.45, 7) is 5.26. The molecule has 0 aromatic heterocycles. The summed E-state index contributed by atoms with van der Waals surface area (Å²) in [7, 11) is -3.09. The quantitative estimate of drug-likeness (QED) is 0.741. The van der Waals surface area contributed by atoms with Crippen molar-refractivity contribution in [3.8, 4) is 0 Å². The number of rotatable bonds is 3. The van der Waals surface area contributed by atoms with E-state index >= 15 is 0 Å². The molecule has 0 bridgehead atoms. The first kappa shape index (κ1) is 12.3. The third kappa shape index (κ3) is 2.94. The van der Waals surface area contributed by atoms with Crippen molar-refractivity contribution in [3.63, 3.8) is 0 Å². The molecule has 2 aliphatic heterocycles. The van der Waals surface area contributed by atoms with Crippen molar-refractivity contribution in [3.05, 3.63) is 0 Å². The zero-order valence-electron chi connectivity index (χ0n) is 9.68. The molecule has 0 aliphatic carbocycles. The number of nitrogens with zero attached hydrogens (tertiary/aromatic N) is 1. The molecule has 0 radical (unpaired) electrons.